The maximum atomic E-state index is 12.5. The van der Waals surface area contributed by atoms with Gasteiger partial charge in [0.1, 0.15) is 5.37 Å². The van der Waals surface area contributed by atoms with Crippen LogP contribution in [0.5, 0.6) is 0 Å². The Morgan fingerprint density at radius 1 is 1.19 bits per heavy atom. The maximum Gasteiger partial charge on any atom is 0.238 e. The summed E-state index contributed by atoms with van der Waals surface area (Å²) < 4.78 is 0. The number of carbonyl (C=O) groups is 2. The normalized spacial score (nSPS) is 17.3. The Morgan fingerprint density at radius 3 is 2.56 bits per heavy atom. The monoisotopic (exact) mass is 382 g/mol. The largest absolute Gasteiger partial charge is 0.326 e. The van der Waals surface area contributed by atoms with E-state index in [2.05, 4.69) is 5.32 Å². The molecule has 1 atom stereocenters. The zero-order valence-corrected chi connectivity index (χ0v) is 17.1. The van der Waals surface area contributed by atoms with Crippen LogP contribution < -0.4 is 10.2 Å². The van der Waals surface area contributed by atoms with E-state index < -0.39 is 0 Å². The fourth-order valence-corrected chi connectivity index (χ4v) is 4.28. The molecule has 1 heterocycles. The molecule has 0 bridgehead atoms. The quantitative estimate of drug-likeness (QED) is 0.796. The molecule has 4 nitrogen and oxygen atoms in total. The Kier molecular flexibility index (Phi) is 5.61. The highest BCUT2D eigenvalue weighted by molar-refractivity contribution is 8.00. The second kappa shape index (κ2) is 7.77. The average Bonchev–Trinajstić information content (AvgIpc) is 2.96. The summed E-state index contributed by atoms with van der Waals surface area (Å²) in [6, 6.07) is 15.8. The van der Waals surface area contributed by atoms with Gasteiger partial charge < -0.3 is 5.32 Å². The summed E-state index contributed by atoms with van der Waals surface area (Å²) in [6.45, 7) is 8.17. The molecule has 0 aliphatic carbocycles. The molecule has 27 heavy (non-hydrogen) atoms. The SMILES string of the molecule is Cc1ccc(N2C(=O)CSC2c2cccc(NC(=O)CC(C)(C)C)c2)cc1. The molecular formula is C22H26N2O2S. The lowest BCUT2D eigenvalue weighted by Crippen LogP contribution is -2.27. The third kappa shape index (κ3) is 4.92. The molecule has 5 heteroatoms. The first-order chi connectivity index (χ1) is 12.7. The summed E-state index contributed by atoms with van der Waals surface area (Å²) in [4.78, 5) is 26.6. The van der Waals surface area contributed by atoms with Crippen LogP contribution in [-0.4, -0.2) is 17.6 Å². The first-order valence-corrected chi connectivity index (χ1v) is 10.2. The van der Waals surface area contributed by atoms with Gasteiger partial charge in [-0.05, 0) is 42.2 Å². The van der Waals surface area contributed by atoms with Crippen molar-refractivity contribution >= 4 is 35.0 Å². The van der Waals surface area contributed by atoms with Gasteiger partial charge in [0.25, 0.3) is 0 Å². The summed E-state index contributed by atoms with van der Waals surface area (Å²) in [7, 11) is 0. The Balaban J connectivity index is 1.82. The molecule has 0 radical (unpaired) electrons. The average molecular weight is 383 g/mol. The van der Waals surface area contributed by atoms with E-state index in [0.717, 1.165) is 22.5 Å². The van der Waals surface area contributed by atoms with Crippen molar-refractivity contribution in [3.63, 3.8) is 0 Å². The van der Waals surface area contributed by atoms with E-state index in [-0.39, 0.29) is 22.6 Å². The number of aryl methyl sites for hydroxylation is 1. The summed E-state index contributed by atoms with van der Waals surface area (Å²) in [5.41, 5.74) is 3.80. The number of hydrogen-bond donors (Lipinski definition) is 1. The van der Waals surface area contributed by atoms with Gasteiger partial charge in [-0.1, -0.05) is 50.6 Å². The fourth-order valence-electron chi connectivity index (χ4n) is 3.11. The molecular weight excluding hydrogens is 356 g/mol. The molecule has 1 aliphatic rings. The number of thioether (sulfide) groups is 1. The summed E-state index contributed by atoms with van der Waals surface area (Å²) >= 11 is 1.61. The molecule has 2 aromatic carbocycles. The van der Waals surface area contributed by atoms with Crippen molar-refractivity contribution in [3.8, 4) is 0 Å². The number of benzene rings is 2. The molecule has 3 rings (SSSR count). The van der Waals surface area contributed by atoms with E-state index in [9.17, 15) is 9.59 Å². The minimum Gasteiger partial charge on any atom is -0.326 e. The first-order valence-electron chi connectivity index (χ1n) is 9.13. The standard InChI is InChI=1S/C22H26N2O2S/c1-15-8-10-18(11-9-15)24-20(26)14-27-21(24)16-6-5-7-17(12-16)23-19(25)13-22(2,3)4/h5-12,21H,13-14H2,1-4H3,(H,23,25). The third-order valence-corrected chi connectivity index (χ3v) is 5.54. The van der Waals surface area contributed by atoms with E-state index in [1.165, 1.54) is 0 Å². The highest BCUT2D eigenvalue weighted by atomic mass is 32.2. The maximum absolute atomic E-state index is 12.5. The number of rotatable bonds is 4. The second-order valence-corrected chi connectivity index (χ2v) is 9.24. The Morgan fingerprint density at radius 2 is 1.89 bits per heavy atom. The molecule has 1 N–H and O–H groups in total. The van der Waals surface area contributed by atoms with Gasteiger partial charge in [-0.25, -0.2) is 0 Å². The molecule has 0 aromatic heterocycles. The van der Waals surface area contributed by atoms with Crippen LogP contribution in [0.25, 0.3) is 0 Å². The van der Waals surface area contributed by atoms with Crippen LogP contribution in [0.3, 0.4) is 0 Å². The van der Waals surface area contributed by atoms with Gasteiger partial charge in [0.05, 0.1) is 5.75 Å². The van der Waals surface area contributed by atoms with Crippen LogP contribution in [0.2, 0.25) is 0 Å². The minimum atomic E-state index is -0.0836. The molecule has 0 spiro atoms. The summed E-state index contributed by atoms with van der Waals surface area (Å²) in [6.07, 6.45) is 0.462. The smallest absolute Gasteiger partial charge is 0.238 e. The van der Waals surface area contributed by atoms with E-state index in [4.69, 9.17) is 0 Å². The van der Waals surface area contributed by atoms with Gasteiger partial charge >= 0.3 is 0 Å². The number of nitrogens with zero attached hydrogens (tertiary/aromatic N) is 1. The number of amides is 2. The topological polar surface area (TPSA) is 49.4 Å². The van der Waals surface area contributed by atoms with Gasteiger partial charge in [-0.2, -0.15) is 0 Å². The van der Waals surface area contributed by atoms with Gasteiger partial charge in [-0.3, -0.25) is 14.5 Å². The van der Waals surface area contributed by atoms with Gasteiger partial charge in [-0.15, -0.1) is 11.8 Å². The Labute approximate surface area is 165 Å². The molecule has 2 aromatic rings. The van der Waals surface area contributed by atoms with Crippen LogP contribution in [0.15, 0.2) is 48.5 Å². The van der Waals surface area contributed by atoms with Gasteiger partial charge in [0, 0.05) is 17.8 Å². The van der Waals surface area contributed by atoms with Crippen molar-refractivity contribution < 1.29 is 9.59 Å². The van der Waals surface area contributed by atoms with E-state index >= 15 is 0 Å². The molecule has 0 saturated carbocycles. The zero-order chi connectivity index (χ0) is 19.6. The van der Waals surface area contributed by atoms with Crippen LogP contribution in [0.1, 0.15) is 43.7 Å². The van der Waals surface area contributed by atoms with Crippen LogP contribution in [0.4, 0.5) is 11.4 Å². The highest BCUT2D eigenvalue weighted by Crippen LogP contribution is 2.42. The third-order valence-electron chi connectivity index (χ3n) is 4.33. The van der Waals surface area contributed by atoms with Crippen LogP contribution in [-0.2, 0) is 9.59 Å². The zero-order valence-electron chi connectivity index (χ0n) is 16.3. The fraction of sp³-hybridized carbons (Fsp3) is 0.364. The molecule has 1 fully saturated rings. The van der Waals surface area contributed by atoms with Gasteiger partial charge in [0.15, 0.2) is 0 Å². The molecule has 1 saturated heterocycles. The number of hydrogen-bond acceptors (Lipinski definition) is 3. The minimum absolute atomic E-state index is 0.00481. The van der Waals surface area contributed by atoms with Crippen LogP contribution >= 0.6 is 11.8 Å². The predicted octanol–water partition coefficient (Wildman–Crippen LogP) is 5.15. The molecule has 1 aliphatic heterocycles. The van der Waals surface area contributed by atoms with E-state index in [1.54, 1.807) is 11.8 Å². The van der Waals surface area contributed by atoms with Crippen molar-refractivity contribution in [1.82, 2.24) is 0 Å². The number of nitrogens with one attached hydrogen (secondary N) is 1. The lowest BCUT2D eigenvalue weighted by Gasteiger charge is -2.25. The van der Waals surface area contributed by atoms with Crippen molar-refractivity contribution in [2.75, 3.05) is 16.0 Å². The van der Waals surface area contributed by atoms with Crippen molar-refractivity contribution in [3.05, 3.63) is 59.7 Å². The first kappa shape index (κ1) is 19.5. The van der Waals surface area contributed by atoms with E-state index in [0.29, 0.717) is 12.2 Å². The lowest BCUT2D eigenvalue weighted by atomic mass is 9.92. The molecule has 1 unspecified atom stereocenters. The van der Waals surface area contributed by atoms with Gasteiger partial charge in [0.2, 0.25) is 11.8 Å². The molecule has 142 valence electrons. The van der Waals surface area contributed by atoms with Crippen LogP contribution in [0, 0.1) is 12.3 Å². The molecule has 2 amide bonds. The summed E-state index contributed by atoms with van der Waals surface area (Å²) in [5.74, 6) is 0.570. The Bertz CT molecular complexity index is 840. The number of anilines is 2. The second-order valence-electron chi connectivity index (χ2n) is 8.17. The summed E-state index contributed by atoms with van der Waals surface area (Å²) in [5, 5.41) is 2.90. The predicted molar refractivity (Wildman–Crippen MR) is 113 cm³/mol. The highest BCUT2D eigenvalue weighted by Gasteiger charge is 2.34. The van der Waals surface area contributed by atoms with Crippen molar-refractivity contribution in [2.24, 2.45) is 5.41 Å². The van der Waals surface area contributed by atoms with Crippen molar-refractivity contribution in [2.45, 2.75) is 39.5 Å². The van der Waals surface area contributed by atoms with Crippen molar-refractivity contribution in [1.29, 1.82) is 0 Å². The van der Waals surface area contributed by atoms with E-state index in [1.807, 2.05) is 81.1 Å². The number of carbonyl (C=O) groups excluding carboxylic acids is 2. The lowest BCUT2D eigenvalue weighted by molar-refractivity contribution is -0.118. The Hall–Kier alpha value is -2.27.